The highest BCUT2D eigenvalue weighted by Crippen LogP contribution is 2.24. The first kappa shape index (κ1) is 15.9. The lowest BCUT2D eigenvalue weighted by molar-refractivity contribution is 0.575. The van der Waals surface area contributed by atoms with Gasteiger partial charge in [-0.1, -0.05) is 51.8 Å². The highest BCUT2D eigenvalue weighted by molar-refractivity contribution is 9.10. The van der Waals surface area contributed by atoms with Crippen molar-refractivity contribution in [2.75, 3.05) is 5.75 Å². The zero-order valence-electron chi connectivity index (χ0n) is 10.9. The zero-order chi connectivity index (χ0) is 14.4. The van der Waals surface area contributed by atoms with Gasteiger partial charge in [-0.25, -0.2) is 0 Å². The van der Waals surface area contributed by atoms with Crippen molar-refractivity contribution in [3.8, 4) is 0 Å². The molecule has 2 rings (SSSR count). The molecule has 0 spiro atoms. The smallest absolute Gasteiger partial charge is 0.0438 e. The Labute approximate surface area is 137 Å². The number of benzene rings is 2. The van der Waals surface area contributed by atoms with E-state index in [1.807, 2.05) is 36.4 Å². The van der Waals surface area contributed by atoms with Gasteiger partial charge in [0.1, 0.15) is 0 Å². The molecule has 1 unspecified atom stereocenters. The van der Waals surface area contributed by atoms with Gasteiger partial charge in [0.25, 0.3) is 0 Å². The molecule has 0 aromatic heterocycles. The maximum atomic E-state index is 6.18. The fourth-order valence-corrected chi connectivity index (χ4v) is 3.61. The van der Waals surface area contributed by atoms with Gasteiger partial charge in [0.2, 0.25) is 0 Å². The van der Waals surface area contributed by atoms with Crippen molar-refractivity contribution in [1.29, 1.82) is 0 Å². The van der Waals surface area contributed by atoms with Crippen LogP contribution >= 0.6 is 39.3 Å². The second kappa shape index (κ2) is 8.05. The molecule has 0 radical (unpaired) electrons. The first-order chi connectivity index (χ1) is 9.69. The van der Waals surface area contributed by atoms with Gasteiger partial charge in [-0.3, -0.25) is 11.3 Å². The fourth-order valence-electron chi connectivity index (χ4n) is 1.85. The van der Waals surface area contributed by atoms with E-state index in [-0.39, 0.29) is 6.04 Å². The van der Waals surface area contributed by atoms with Gasteiger partial charge in [0.05, 0.1) is 0 Å². The molecule has 3 N–H and O–H groups in total. The van der Waals surface area contributed by atoms with Gasteiger partial charge in [-0.05, 0) is 36.2 Å². The fraction of sp³-hybridized carbons (Fsp3) is 0.200. The summed E-state index contributed by atoms with van der Waals surface area (Å²) < 4.78 is 1.09. The molecule has 2 aromatic rings. The molecule has 20 heavy (non-hydrogen) atoms. The largest absolute Gasteiger partial charge is 0.271 e. The van der Waals surface area contributed by atoms with Crippen molar-refractivity contribution in [2.24, 2.45) is 5.84 Å². The molecule has 0 saturated heterocycles. The average Bonchev–Trinajstić information content (AvgIpc) is 2.45. The lowest BCUT2D eigenvalue weighted by Gasteiger charge is -2.16. The molecule has 0 aliphatic carbocycles. The first-order valence-electron chi connectivity index (χ1n) is 6.27. The summed E-state index contributed by atoms with van der Waals surface area (Å²) >= 11 is 11.4. The Morgan fingerprint density at radius 2 is 2.00 bits per heavy atom. The monoisotopic (exact) mass is 370 g/mol. The van der Waals surface area contributed by atoms with E-state index in [1.54, 1.807) is 11.8 Å². The molecule has 0 bridgehead atoms. The summed E-state index contributed by atoms with van der Waals surface area (Å²) in [4.78, 5) is 1.22. The van der Waals surface area contributed by atoms with Crippen LogP contribution in [0, 0.1) is 0 Å². The quantitative estimate of drug-likeness (QED) is 0.452. The predicted octanol–water partition coefficient (Wildman–Crippen LogP) is 4.27. The number of rotatable bonds is 6. The second-order valence-electron chi connectivity index (χ2n) is 4.43. The maximum Gasteiger partial charge on any atom is 0.0438 e. The van der Waals surface area contributed by atoms with E-state index in [0.29, 0.717) is 0 Å². The molecule has 0 saturated carbocycles. The van der Waals surface area contributed by atoms with Gasteiger partial charge in [-0.15, -0.1) is 11.8 Å². The Morgan fingerprint density at radius 3 is 2.70 bits per heavy atom. The van der Waals surface area contributed by atoms with Gasteiger partial charge >= 0.3 is 0 Å². The summed E-state index contributed by atoms with van der Waals surface area (Å²) in [6.07, 6.45) is 0.817. The van der Waals surface area contributed by atoms with E-state index in [0.717, 1.165) is 27.2 Å². The van der Waals surface area contributed by atoms with Gasteiger partial charge in [0.15, 0.2) is 0 Å². The van der Waals surface area contributed by atoms with Crippen molar-refractivity contribution < 1.29 is 0 Å². The Morgan fingerprint density at radius 1 is 1.20 bits per heavy atom. The van der Waals surface area contributed by atoms with Gasteiger partial charge < -0.3 is 0 Å². The Bertz CT molecular complexity index is 565. The highest BCUT2D eigenvalue weighted by atomic mass is 79.9. The number of hydrazine groups is 1. The molecule has 5 heteroatoms. The molecule has 2 aromatic carbocycles. The Balaban J connectivity index is 1.94. The van der Waals surface area contributed by atoms with Crippen LogP contribution in [0.5, 0.6) is 0 Å². The number of halogens is 2. The van der Waals surface area contributed by atoms with E-state index < -0.39 is 0 Å². The van der Waals surface area contributed by atoms with Crippen LogP contribution in [-0.2, 0) is 6.42 Å². The van der Waals surface area contributed by atoms with Gasteiger partial charge in [0, 0.05) is 26.2 Å². The van der Waals surface area contributed by atoms with Crippen molar-refractivity contribution in [3.63, 3.8) is 0 Å². The Hall–Kier alpha value is -0.520. The number of hydrogen-bond donors (Lipinski definition) is 2. The van der Waals surface area contributed by atoms with E-state index in [4.69, 9.17) is 17.4 Å². The zero-order valence-corrected chi connectivity index (χ0v) is 14.0. The summed E-state index contributed by atoms with van der Waals surface area (Å²) in [5.74, 6) is 6.54. The van der Waals surface area contributed by atoms with E-state index in [9.17, 15) is 0 Å². The third kappa shape index (κ3) is 4.79. The van der Waals surface area contributed by atoms with Crippen molar-refractivity contribution in [2.45, 2.75) is 17.4 Å². The van der Waals surface area contributed by atoms with Crippen LogP contribution in [0.1, 0.15) is 5.56 Å². The Kier molecular flexibility index (Phi) is 6.39. The second-order valence-corrected chi connectivity index (χ2v) is 6.84. The molecule has 2 nitrogen and oxygen atoms in total. The van der Waals surface area contributed by atoms with Crippen LogP contribution < -0.4 is 11.3 Å². The van der Waals surface area contributed by atoms with Crippen LogP contribution in [0.3, 0.4) is 0 Å². The lowest BCUT2D eigenvalue weighted by Crippen LogP contribution is -2.38. The molecule has 0 aliphatic rings. The average molecular weight is 372 g/mol. The van der Waals surface area contributed by atoms with Crippen LogP contribution in [0.25, 0.3) is 0 Å². The van der Waals surface area contributed by atoms with Crippen molar-refractivity contribution in [3.05, 3.63) is 63.6 Å². The molecular weight excluding hydrogens is 356 g/mol. The molecule has 1 atom stereocenters. The SMILES string of the molecule is NNC(CSc1cccc(Br)c1)Cc1ccccc1Cl. The van der Waals surface area contributed by atoms with Crippen molar-refractivity contribution in [1.82, 2.24) is 5.43 Å². The van der Waals surface area contributed by atoms with E-state index in [1.165, 1.54) is 4.90 Å². The molecule has 0 amide bonds. The number of nitrogens with two attached hydrogens (primary N) is 1. The van der Waals surface area contributed by atoms with E-state index in [2.05, 4.69) is 33.5 Å². The van der Waals surface area contributed by atoms with Crippen LogP contribution in [-0.4, -0.2) is 11.8 Å². The predicted molar refractivity (Wildman–Crippen MR) is 91.1 cm³/mol. The summed E-state index contributed by atoms with van der Waals surface area (Å²) in [5, 5.41) is 0.792. The number of hydrogen-bond acceptors (Lipinski definition) is 3. The molecule has 0 fully saturated rings. The van der Waals surface area contributed by atoms with Crippen LogP contribution in [0.2, 0.25) is 5.02 Å². The maximum absolute atomic E-state index is 6.18. The summed E-state index contributed by atoms with van der Waals surface area (Å²) in [5.41, 5.74) is 3.99. The van der Waals surface area contributed by atoms with Crippen molar-refractivity contribution >= 4 is 39.3 Å². The van der Waals surface area contributed by atoms with Crippen LogP contribution in [0.4, 0.5) is 0 Å². The molecule has 0 heterocycles. The third-order valence-electron chi connectivity index (χ3n) is 2.91. The third-order valence-corrected chi connectivity index (χ3v) is 4.93. The minimum atomic E-state index is 0.180. The van der Waals surface area contributed by atoms with Crippen LogP contribution in [0.15, 0.2) is 57.9 Å². The summed E-state index contributed by atoms with van der Waals surface area (Å²) in [6.45, 7) is 0. The molecular formula is C15H16BrClN2S. The first-order valence-corrected chi connectivity index (χ1v) is 8.42. The molecule has 0 aliphatic heterocycles. The highest BCUT2D eigenvalue weighted by Gasteiger charge is 2.10. The number of thioether (sulfide) groups is 1. The normalized spacial score (nSPS) is 12.3. The van der Waals surface area contributed by atoms with E-state index >= 15 is 0 Å². The number of nitrogens with one attached hydrogen (secondary N) is 1. The van der Waals surface area contributed by atoms with Gasteiger partial charge in [-0.2, -0.15) is 0 Å². The summed E-state index contributed by atoms with van der Waals surface area (Å²) in [6, 6.07) is 16.3. The topological polar surface area (TPSA) is 38.0 Å². The molecule has 106 valence electrons. The minimum Gasteiger partial charge on any atom is -0.271 e. The minimum absolute atomic E-state index is 0.180. The standard InChI is InChI=1S/C15H16BrClN2S/c16-12-5-3-6-14(9-12)20-10-13(19-18)8-11-4-1-2-7-15(11)17/h1-7,9,13,19H,8,10,18H2. The lowest BCUT2D eigenvalue weighted by atomic mass is 10.1. The summed E-state index contributed by atoms with van der Waals surface area (Å²) in [7, 11) is 0.